The van der Waals surface area contributed by atoms with E-state index in [0.717, 1.165) is 42.6 Å². The van der Waals surface area contributed by atoms with Crippen LogP contribution in [0.5, 0.6) is 5.75 Å². The molecule has 6 heteroatoms. The Labute approximate surface area is 189 Å². The summed E-state index contributed by atoms with van der Waals surface area (Å²) in [7, 11) is 0. The van der Waals surface area contributed by atoms with Crippen LogP contribution in [0.1, 0.15) is 57.4 Å². The molecule has 0 saturated carbocycles. The fourth-order valence-electron chi connectivity index (χ4n) is 3.81. The first-order valence-electron chi connectivity index (χ1n) is 11.1. The van der Waals surface area contributed by atoms with Crippen molar-refractivity contribution in [3.8, 4) is 5.75 Å². The number of para-hydroxylation sites is 2. The lowest BCUT2D eigenvalue weighted by molar-refractivity contribution is -0.120. The second-order valence-electron chi connectivity index (χ2n) is 7.69. The van der Waals surface area contributed by atoms with E-state index in [1.54, 1.807) is 11.8 Å². The number of thioether (sulfide) groups is 1. The van der Waals surface area contributed by atoms with Gasteiger partial charge in [0.05, 0.1) is 18.0 Å². The third-order valence-corrected chi connectivity index (χ3v) is 6.74. The van der Waals surface area contributed by atoms with E-state index in [1.807, 2.05) is 60.4 Å². The minimum Gasteiger partial charge on any atom is -0.492 e. The smallest absolute Gasteiger partial charge is 0.238 e. The molecule has 0 bridgehead atoms. The van der Waals surface area contributed by atoms with E-state index in [4.69, 9.17) is 4.74 Å². The van der Waals surface area contributed by atoms with Crippen LogP contribution in [-0.4, -0.2) is 24.2 Å². The summed E-state index contributed by atoms with van der Waals surface area (Å²) in [5.74, 6) is 1.35. The van der Waals surface area contributed by atoms with Gasteiger partial charge in [0.1, 0.15) is 11.1 Å². The molecule has 0 radical (unpaired) electrons. The number of ether oxygens (including phenoxy) is 1. The Morgan fingerprint density at radius 1 is 1.16 bits per heavy atom. The maximum atomic E-state index is 12.7. The Balaban J connectivity index is 1.75. The van der Waals surface area contributed by atoms with Gasteiger partial charge in [0.25, 0.3) is 0 Å². The normalized spacial score (nSPS) is 16.9. The minimum atomic E-state index is -0.119. The summed E-state index contributed by atoms with van der Waals surface area (Å²) in [5, 5.41) is 2.93. The van der Waals surface area contributed by atoms with Gasteiger partial charge in [0.2, 0.25) is 11.8 Å². The first-order valence-corrected chi connectivity index (χ1v) is 12.2. The Morgan fingerprint density at radius 2 is 1.90 bits per heavy atom. The molecular weight excluding hydrogens is 408 g/mol. The number of anilines is 2. The van der Waals surface area contributed by atoms with Crippen molar-refractivity contribution >= 4 is 35.0 Å². The number of nitrogens with zero attached hydrogens (tertiary/aromatic N) is 1. The van der Waals surface area contributed by atoms with Gasteiger partial charge >= 0.3 is 0 Å². The van der Waals surface area contributed by atoms with Crippen molar-refractivity contribution in [2.45, 2.75) is 51.8 Å². The highest BCUT2D eigenvalue weighted by atomic mass is 32.2. The molecule has 0 unspecified atom stereocenters. The lowest BCUT2D eigenvalue weighted by atomic mass is 9.98. The number of rotatable bonds is 10. The molecule has 166 valence electrons. The maximum Gasteiger partial charge on any atom is 0.238 e. The fourth-order valence-corrected chi connectivity index (χ4v) is 4.98. The zero-order chi connectivity index (χ0) is 22.2. The Bertz CT molecular complexity index is 885. The topological polar surface area (TPSA) is 58.6 Å². The van der Waals surface area contributed by atoms with Crippen LogP contribution in [0.2, 0.25) is 0 Å². The second-order valence-corrected chi connectivity index (χ2v) is 8.76. The van der Waals surface area contributed by atoms with Crippen LogP contribution in [-0.2, 0) is 9.59 Å². The molecule has 0 aromatic heterocycles. The number of amides is 2. The van der Waals surface area contributed by atoms with Crippen molar-refractivity contribution in [3.63, 3.8) is 0 Å². The van der Waals surface area contributed by atoms with Gasteiger partial charge < -0.3 is 10.1 Å². The Morgan fingerprint density at radius 3 is 2.58 bits per heavy atom. The van der Waals surface area contributed by atoms with Crippen LogP contribution in [0, 0.1) is 5.92 Å². The van der Waals surface area contributed by atoms with E-state index in [1.165, 1.54) is 0 Å². The third-order valence-electron chi connectivity index (χ3n) is 5.53. The first kappa shape index (κ1) is 23.2. The molecule has 0 spiro atoms. The number of hydrogen-bond acceptors (Lipinski definition) is 4. The average Bonchev–Trinajstić information content (AvgIpc) is 3.16. The summed E-state index contributed by atoms with van der Waals surface area (Å²) in [6, 6.07) is 15.5. The highest BCUT2D eigenvalue weighted by Gasteiger charge is 2.35. The predicted octanol–water partition coefficient (Wildman–Crippen LogP) is 6.02. The Kier molecular flexibility index (Phi) is 8.41. The largest absolute Gasteiger partial charge is 0.492 e. The second kappa shape index (κ2) is 11.2. The molecule has 1 fully saturated rings. The molecule has 1 aliphatic rings. The van der Waals surface area contributed by atoms with E-state index in [2.05, 4.69) is 19.2 Å². The third kappa shape index (κ3) is 5.62. The molecule has 2 aromatic carbocycles. The maximum absolute atomic E-state index is 12.7. The summed E-state index contributed by atoms with van der Waals surface area (Å²) in [4.78, 5) is 27.1. The van der Waals surface area contributed by atoms with Gasteiger partial charge in [0, 0.05) is 11.6 Å². The summed E-state index contributed by atoms with van der Waals surface area (Å²) in [6.45, 7) is 6.69. The first-order chi connectivity index (χ1) is 15.1. The molecule has 5 nitrogen and oxygen atoms in total. The van der Waals surface area contributed by atoms with Crippen LogP contribution in [0.25, 0.3) is 0 Å². The van der Waals surface area contributed by atoms with E-state index >= 15 is 0 Å². The van der Waals surface area contributed by atoms with Gasteiger partial charge in [-0.25, -0.2) is 0 Å². The molecule has 1 N–H and O–H groups in total. The van der Waals surface area contributed by atoms with Gasteiger partial charge in [-0.15, -0.1) is 11.8 Å². The molecule has 0 aliphatic carbocycles. The van der Waals surface area contributed by atoms with Crippen molar-refractivity contribution in [1.82, 2.24) is 0 Å². The van der Waals surface area contributed by atoms with Crippen molar-refractivity contribution in [2.24, 2.45) is 5.92 Å². The summed E-state index contributed by atoms with van der Waals surface area (Å²) < 4.78 is 5.76. The molecule has 2 aromatic rings. The van der Waals surface area contributed by atoms with Gasteiger partial charge in [-0.2, -0.15) is 0 Å². The van der Waals surface area contributed by atoms with Gasteiger partial charge in [-0.1, -0.05) is 51.0 Å². The molecule has 1 aliphatic heterocycles. The lowest BCUT2D eigenvalue weighted by Crippen LogP contribution is -2.28. The van der Waals surface area contributed by atoms with Crippen molar-refractivity contribution in [2.75, 3.05) is 22.6 Å². The predicted molar refractivity (Wildman–Crippen MR) is 129 cm³/mol. The van der Waals surface area contributed by atoms with E-state index in [9.17, 15) is 9.59 Å². The van der Waals surface area contributed by atoms with Crippen LogP contribution < -0.4 is 15.0 Å². The highest BCUT2D eigenvalue weighted by Crippen LogP contribution is 2.44. The zero-order valence-corrected chi connectivity index (χ0v) is 19.4. The average molecular weight is 441 g/mol. The van der Waals surface area contributed by atoms with E-state index < -0.39 is 0 Å². The minimum absolute atomic E-state index is 0.0493. The van der Waals surface area contributed by atoms with Gasteiger partial charge in [-0.05, 0) is 49.6 Å². The van der Waals surface area contributed by atoms with Crippen molar-refractivity contribution in [3.05, 3.63) is 54.1 Å². The van der Waals surface area contributed by atoms with Gasteiger partial charge in [0.15, 0.2) is 0 Å². The number of benzene rings is 2. The van der Waals surface area contributed by atoms with E-state index in [-0.39, 0.29) is 23.1 Å². The Hall–Kier alpha value is -2.47. The van der Waals surface area contributed by atoms with Gasteiger partial charge in [-0.3, -0.25) is 14.5 Å². The molecule has 1 saturated heterocycles. The van der Waals surface area contributed by atoms with Crippen LogP contribution >= 0.6 is 11.8 Å². The molecule has 2 atom stereocenters. The van der Waals surface area contributed by atoms with Crippen LogP contribution in [0.4, 0.5) is 11.4 Å². The standard InChI is InChI=1S/C25H32N2O3S/c1-4-7-10-18(5-2)24(29)26-20-15-13-19(14-16-20)25-27(23(28)17-31-25)21-11-8-9-12-22(21)30-6-3/h8-9,11-16,18,25H,4-7,10,17H2,1-3H3,(H,26,29)/t18-,25-/m0/s1. The molecule has 1 heterocycles. The number of carbonyl (C=O) groups is 2. The number of nitrogens with one attached hydrogen (secondary N) is 1. The molecule has 3 rings (SSSR count). The quantitative estimate of drug-likeness (QED) is 0.491. The fraction of sp³-hybridized carbons (Fsp3) is 0.440. The SMILES string of the molecule is CCCC[C@H](CC)C(=O)Nc1ccc([C@@H]2SCC(=O)N2c2ccccc2OCC)cc1. The monoisotopic (exact) mass is 440 g/mol. The highest BCUT2D eigenvalue weighted by molar-refractivity contribution is 8.00. The number of carbonyl (C=O) groups excluding carboxylic acids is 2. The molecule has 31 heavy (non-hydrogen) atoms. The van der Waals surface area contributed by atoms with Crippen LogP contribution in [0.15, 0.2) is 48.5 Å². The number of unbranched alkanes of at least 4 members (excludes halogenated alkanes) is 1. The molecular formula is C25H32N2O3S. The summed E-state index contributed by atoms with van der Waals surface area (Å²) >= 11 is 1.60. The zero-order valence-electron chi connectivity index (χ0n) is 18.6. The number of hydrogen-bond donors (Lipinski definition) is 1. The van der Waals surface area contributed by atoms with Crippen molar-refractivity contribution < 1.29 is 14.3 Å². The van der Waals surface area contributed by atoms with Crippen LogP contribution in [0.3, 0.4) is 0 Å². The molecule has 2 amide bonds. The van der Waals surface area contributed by atoms with Crippen molar-refractivity contribution in [1.29, 1.82) is 0 Å². The summed E-state index contributed by atoms with van der Waals surface area (Å²) in [5.41, 5.74) is 2.61. The summed E-state index contributed by atoms with van der Waals surface area (Å²) in [6.07, 6.45) is 3.93. The lowest BCUT2D eigenvalue weighted by Gasteiger charge is -2.26. The van der Waals surface area contributed by atoms with E-state index in [0.29, 0.717) is 18.1 Å².